The lowest BCUT2D eigenvalue weighted by Gasteiger charge is -2.16. The third kappa shape index (κ3) is 2.78. The fourth-order valence-electron chi connectivity index (χ4n) is 2.60. The molecule has 2 heterocycles. The van der Waals surface area contributed by atoms with Crippen LogP contribution in [0.25, 0.3) is 10.9 Å². The predicted octanol–water partition coefficient (Wildman–Crippen LogP) is 4.21. The smallest absolute Gasteiger partial charge is 0.0934 e. The van der Waals surface area contributed by atoms with Crippen LogP contribution in [0.4, 0.5) is 5.69 Å². The summed E-state index contributed by atoms with van der Waals surface area (Å²) in [6, 6.07) is 8.42. The first-order valence-electron chi connectivity index (χ1n) is 6.85. The van der Waals surface area contributed by atoms with E-state index in [2.05, 4.69) is 62.6 Å². The summed E-state index contributed by atoms with van der Waals surface area (Å²) in [4.78, 5) is 4.52. The van der Waals surface area contributed by atoms with Gasteiger partial charge in [-0.25, -0.2) is 0 Å². The van der Waals surface area contributed by atoms with Gasteiger partial charge in [0, 0.05) is 34.9 Å². The number of hydrogen-bond donors (Lipinski definition) is 1. The second-order valence-corrected chi connectivity index (χ2v) is 6.16. The quantitative estimate of drug-likeness (QED) is 0.773. The number of fused-ring (bicyclic) bond motifs is 1. The van der Waals surface area contributed by atoms with Gasteiger partial charge in [-0.05, 0) is 41.9 Å². The highest BCUT2D eigenvalue weighted by atomic mass is 79.9. The average Bonchev–Trinajstić information content (AvgIpc) is 2.77. The molecule has 108 valence electrons. The number of rotatable bonds is 3. The van der Waals surface area contributed by atoms with Crippen molar-refractivity contribution < 1.29 is 0 Å². The molecule has 0 aliphatic rings. The molecule has 0 radical (unpaired) electrons. The summed E-state index contributed by atoms with van der Waals surface area (Å²) in [6.45, 7) is 4.17. The maximum Gasteiger partial charge on any atom is 0.0934 e. The second-order valence-electron chi connectivity index (χ2n) is 5.24. The van der Waals surface area contributed by atoms with Crippen molar-refractivity contribution in [1.29, 1.82) is 0 Å². The summed E-state index contributed by atoms with van der Waals surface area (Å²) >= 11 is 3.46. The van der Waals surface area contributed by atoms with Gasteiger partial charge in [-0.2, -0.15) is 5.10 Å². The highest BCUT2D eigenvalue weighted by molar-refractivity contribution is 9.10. The van der Waals surface area contributed by atoms with E-state index in [0.717, 1.165) is 26.8 Å². The Bertz CT molecular complexity index is 794. The fraction of sp³-hybridized carbons (Fsp3) is 0.250. The second kappa shape index (κ2) is 5.48. The van der Waals surface area contributed by atoms with Crippen LogP contribution < -0.4 is 5.32 Å². The van der Waals surface area contributed by atoms with Gasteiger partial charge in [-0.3, -0.25) is 9.67 Å². The third-order valence-electron chi connectivity index (χ3n) is 3.57. The maximum atomic E-state index is 4.52. The van der Waals surface area contributed by atoms with E-state index in [0.29, 0.717) is 0 Å². The molecule has 0 aliphatic heterocycles. The fourth-order valence-corrected chi connectivity index (χ4v) is 2.95. The van der Waals surface area contributed by atoms with Crippen molar-refractivity contribution >= 4 is 32.5 Å². The summed E-state index contributed by atoms with van der Waals surface area (Å²) < 4.78 is 2.84. The molecule has 21 heavy (non-hydrogen) atoms. The molecule has 1 unspecified atom stereocenters. The SMILES string of the molecule is Cc1nn(C)cc1C(C)Nc1cccc2cc(Br)cnc12. The first-order valence-corrected chi connectivity index (χ1v) is 7.65. The Balaban J connectivity index is 1.96. The van der Waals surface area contributed by atoms with Gasteiger partial charge < -0.3 is 5.32 Å². The molecule has 3 aromatic rings. The van der Waals surface area contributed by atoms with Crippen molar-refractivity contribution in [2.75, 3.05) is 5.32 Å². The van der Waals surface area contributed by atoms with Crippen LogP contribution in [0, 0.1) is 6.92 Å². The average molecular weight is 345 g/mol. The molecule has 5 heteroatoms. The molecular formula is C16H17BrN4. The molecule has 0 bridgehead atoms. The van der Waals surface area contributed by atoms with Gasteiger partial charge in [0.1, 0.15) is 0 Å². The summed E-state index contributed by atoms with van der Waals surface area (Å²) in [7, 11) is 1.94. The van der Waals surface area contributed by atoms with Crippen molar-refractivity contribution in [3.8, 4) is 0 Å². The monoisotopic (exact) mass is 344 g/mol. The Hall–Kier alpha value is -1.88. The summed E-state index contributed by atoms with van der Waals surface area (Å²) in [5.74, 6) is 0. The normalized spacial score (nSPS) is 12.6. The number of aromatic nitrogens is 3. The largest absolute Gasteiger partial charge is 0.377 e. The van der Waals surface area contributed by atoms with E-state index < -0.39 is 0 Å². The minimum atomic E-state index is 0.176. The Labute approximate surface area is 132 Å². The van der Waals surface area contributed by atoms with Crippen LogP contribution in [0.3, 0.4) is 0 Å². The van der Waals surface area contributed by atoms with E-state index in [1.165, 1.54) is 5.56 Å². The third-order valence-corrected chi connectivity index (χ3v) is 4.00. The van der Waals surface area contributed by atoms with E-state index in [4.69, 9.17) is 0 Å². The molecule has 0 fully saturated rings. The van der Waals surface area contributed by atoms with Crippen LogP contribution in [0.2, 0.25) is 0 Å². The summed E-state index contributed by atoms with van der Waals surface area (Å²) in [5, 5.41) is 9.06. The van der Waals surface area contributed by atoms with Crippen molar-refractivity contribution in [3.63, 3.8) is 0 Å². The number of pyridine rings is 1. The number of para-hydroxylation sites is 1. The topological polar surface area (TPSA) is 42.7 Å². The predicted molar refractivity (Wildman–Crippen MR) is 89.4 cm³/mol. The number of halogens is 1. The van der Waals surface area contributed by atoms with E-state index >= 15 is 0 Å². The molecule has 4 nitrogen and oxygen atoms in total. The molecule has 0 spiro atoms. The van der Waals surface area contributed by atoms with Gasteiger partial charge in [0.05, 0.1) is 22.9 Å². The van der Waals surface area contributed by atoms with Crippen LogP contribution in [-0.2, 0) is 7.05 Å². The molecule has 3 rings (SSSR count). The standard InChI is InChI=1S/C16H17BrN4/c1-10(14-9-21(3)20-11(14)2)19-15-6-4-5-12-7-13(17)8-18-16(12)15/h4-10,19H,1-3H3. The highest BCUT2D eigenvalue weighted by Gasteiger charge is 2.13. The molecule has 1 N–H and O–H groups in total. The number of aryl methyl sites for hydroxylation is 2. The lowest BCUT2D eigenvalue weighted by molar-refractivity contribution is 0.756. The number of nitrogens with one attached hydrogen (secondary N) is 1. The molecule has 0 saturated heterocycles. The van der Waals surface area contributed by atoms with Crippen molar-refractivity contribution in [2.45, 2.75) is 19.9 Å². The number of nitrogens with zero attached hydrogens (tertiary/aromatic N) is 3. The van der Waals surface area contributed by atoms with Crippen LogP contribution in [-0.4, -0.2) is 14.8 Å². The van der Waals surface area contributed by atoms with Gasteiger partial charge in [0.25, 0.3) is 0 Å². The van der Waals surface area contributed by atoms with Crippen LogP contribution in [0.15, 0.2) is 41.1 Å². The van der Waals surface area contributed by atoms with Gasteiger partial charge in [-0.15, -0.1) is 0 Å². The minimum Gasteiger partial charge on any atom is -0.377 e. The molecular weight excluding hydrogens is 328 g/mol. The molecule has 2 aromatic heterocycles. The minimum absolute atomic E-state index is 0.176. The van der Waals surface area contributed by atoms with Crippen molar-refractivity contribution in [3.05, 3.63) is 52.4 Å². The first kappa shape index (κ1) is 14.1. The van der Waals surface area contributed by atoms with Gasteiger partial charge in [-0.1, -0.05) is 12.1 Å². The van der Waals surface area contributed by atoms with Gasteiger partial charge in [0.2, 0.25) is 0 Å². The molecule has 1 atom stereocenters. The zero-order valence-corrected chi connectivity index (χ0v) is 13.8. The van der Waals surface area contributed by atoms with E-state index in [1.54, 1.807) is 0 Å². The van der Waals surface area contributed by atoms with Gasteiger partial charge in [0.15, 0.2) is 0 Å². The zero-order valence-electron chi connectivity index (χ0n) is 12.3. The molecule has 0 amide bonds. The van der Waals surface area contributed by atoms with E-state index in [-0.39, 0.29) is 6.04 Å². The van der Waals surface area contributed by atoms with Crippen LogP contribution >= 0.6 is 15.9 Å². The van der Waals surface area contributed by atoms with Crippen molar-refractivity contribution in [2.24, 2.45) is 7.05 Å². The number of anilines is 1. The molecule has 0 saturated carbocycles. The Morgan fingerprint density at radius 1 is 1.33 bits per heavy atom. The summed E-state index contributed by atoms with van der Waals surface area (Å²) in [5.41, 5.74) is 4.27. The van der Waals surface area contributed by atoms with E-state index in [9.17, 15) is 0 Å². The number of benzene rings is 1. The highest BCUT2D eigenvalue weighted by Crippen LogP contribution is 2.27. The summed E-state index contributed by atoms with van der Waals surface area (Å²) in [6.07, 6.45) is 3.88. The number of hydrogen-bond acceptors (Lipinski definition) is 3. The lowest BCUT2D eigenvalue weighted by Crippen LogP contribution is -2.07. The first-order chi connectivity index (χ1) is 10.0. The van der Waals surface area contributed by atoms with Gasteiger partial charge >= 0.3 is 0 Å². The van der Waals surface area contributed by atoms with E-state index in [1.807, 2.05) is 30.9 Å². The lowest BCUT2D eigenvalue weighted by atomic mass is 10.1. The Morgan fingerprint density at radius 3 is 2.86 bits per heavy atom. The zero-order chi connectivity index (χ0) is 15.0. The maximum absolute atomic E-state index is 4.52. The Kier molecular flexibility index (Phi) is 3.68. The van der Waals surface area contributed by atoms with Crippen molar-refractivity contribution in [1.82, 2.24) is 14.8 Å². The van der Waals surface area contributed by atoms with Crippen LogP contribution in [0.5, 0.6) is 0 Å². The van der Waals surface area contributed by atoms with Crippen LogP contribution in [0.1, 0.15) is 24.2 Å². The molecule has 0 aliphatic carbocycles. The molecule has 1 aromatic carbocycles. The Morgan fingerprint density at radius 2 is 2.14 bits per heavy atom.